The van der Waals surface area contributed by atoms with Crippen molar-refractivity contribution in [2.45, 2.75) is 87.6 Å². The van der Waals surface area contributed by atoms with E-state index < -0.39 is 35.9 Å². The molecule has 0 bridgehead atoms. The molecule has 0 aliphatic carbocycles. The molecular weight excluding hydrogens is 473 g/mol. The van der Waals surface area contributed by atoms with Gasteiger partial charge in [-0.15, -0.1) is 11.8 Å². The lowest BCUT2D eigenvalue weighted by molar-refractivity contribution is -0.207. The summed E-state index contributed by atoms with van der Waals surface area (Å²) < 4.78 is 19.3. The van der Waals surface area contributed by atoms with Crippen LogP contribution in [0.15, 0.2) is 24.3 Å². The van der Waals surface area contributed by atoms with Crippen LogP contribution in [-0.4, -0.2) is 94.0 Å². The molecule has 0 aromatic heterocycles. The molecule has 0 radical (unpaired) electrons. The van der Waals surface area contributed by atoms with E-state index in [0.29, 0.717) is 12.5 Å². The topological polar surface area (TPSA) is 114 Å². The quantitative estimate of drug-likeness (QED) is 0.316. The third-order valence-corrected chi connectivity index (χ3v) is 8.07. The third-order valence-electron chi connectivity index (χ3n) is 7.22. The van der Waals surface area contributed by atoms with Crippen molar-refractivity contribution in [3.63, 3.8) is 0 Å². The molecule has 1 amide bonds. The first-order valence-corrected chi connectivity index (χ1v) is 13.7. The second kappa shape index (κ2) is 12.8. The van der Waals surface area contributed by atoms with E-state index in [1.807, 2.05) is 14.0 Å². The first-order chi connectivity index (χ1) is 16.7. The van der Waals surface area contributed by atoms with Crippen LogP contribution in [0.5, 0.6) is 0 Å². The monoisotopic (exact) mass is 513 g/mol. The average Bonchev–Trinajstić information content (AvgIpc) is 3.21. The number of rotatable bonds is 10. The Bertz CT molecular complexity index is 817. The van der Waals surface area contributed by atoms with Crippen LogP contribution in [0.3, 0.4) is 0 Å². The second-order valence-corrected chi connectivity index (χ2v) is 10.8. The van der Waals surface area contributed by atoms with E-state index in [-0.39, 0.29) is 23.8 Å². The van der Waals surface area contributed by atoms with Gasteiger partial charge in [-0.05, 0) is 56.7 Å². The van der Waals surface area contributed by atoms with Crippen molar-refractivity contribution in [1.82, 2.24) is 15.5 Å². The van der Waals surface area contributed by atoms with E-state index in [2.05, 4.69) is 22.5 Å². The summed E-state index contributed by atoms with van der Waals surface area (Å²) in [5.41, 5.74) is 0.119. The van der Waals surface area contributed by atoms with Gasteiger partial charge in [0.1, 0.15) is 35.7 Å². The molecule has 2 fully saturated rings. The maximum Gasteiger partial charge on any atom is 0.237 e. The Balaban J connectivity index is 1.77. The Morgan fingerprint density at radius 3 is 2.54 bits per heavy atom. The van der Waals surface area contributed by atoms with Crippen molar-refractivity contribution in [2.24, 2.45) is 5.92 Å². The van der Waals surface area contributed by atoms with Crippen LogP contribution < -0.4 is 10.6 Å². The number of amides is 1. The highest BCUT2D eigenvalue weighted by molar-refractivity contribution is 7.99. The minimum Gasteiger partial charge on any atom is -0.388 e. The fourth-order valence-corrected chi connectivity index (χ4v) is 5.83. The smallest absolute Gasteiger partial charge is 0.237 e. The summed E-state index contributed by atoms with van der Waals surface area (Å²) in [6.07, 6.45) is -0.325. The lowest BCUT2D eigenvalue weighted by Crippen LogP contribution is -2.67. The molecule has 9 atom stereocenters. The van der Waals surface area contributed by atoms with Crippen LogP contribution in [0.25, 0.3) is 0 Å². The van der Waals surface area contributed by atoms with Gasteiger partial charge in [-0.3, -0.25) is 9.69 Å². The van der Waals surface area contributed by atoms with Crippen LogP contribution >= 0.6 is 11.8 Å². The van der Waals surface area contributed by atoms with Crippen molar-refractivity contribution >= 4 is 17.7 Å². The lowest BCUT2D eigenvalue weighted by atomic mass is 9.90. The molecule has 3 unspecified atom stereocenters. The van der Waals surface area contributed by atoms with Gasteiger partial charge in [-0.25, -0.2) is 4.39 Å². The number of halogens is 1. The number of benzene rings is 1. The second-order valence-electron chi connectivity index (χ2n) is 9.85. The number of nitrogens with zero attached hydrogens (tertiary/aromatic N) is 1. The van der Waals surface area contributed by atoms with E-state index in [9.17, 15) is 24.5 Å². The molecule has 1 aromatic rings. The Labute approximate surface area is 211 Å². The predicted octanol–water partition coefficient (Wildman–Crippen LogP) is 1.08. The van der Waals surface area contributed by atoms with Gasteiger partial charge in [-0.2, -0.15) is 0 Å². The zero-order valence-electron chi connectivity index (χ0n) is 20.9. The number of likely N-dealkylation sites (tertiary alicyclic amines) is 1. The molecule has 198 valence electrons. The predicted molar refractivity (Wildman–Crippen MR) is 134 cm³/mol. The van der Waals surface area contributed by atoms with Crippen LogP contribution in [0, 0.1) is 11.7 Å². The molecule has 2 aliphatic rings. The van der Waals surface area contributed by atoms with Gasteiger partial charge in [0.05, 0.1) is 12.1 Å². The number of hydrogen-bond acceptors (Lipinski definition) is 8. The van der Waals surface area contributed by atoms with Gasteiger partial charge in [-0.1, -0.05) is 25.5 Å². The standard InChI is InChI=1S/C25H40FN3O5S/c1-5-6-16-11-18(29(3)13-16)24(33)28-19(14(2)27-12-15-7-9-17(26)10-8-15)23-21(31)20(30)22(32)25(34-23)35-4/h7-10,14,16,18-23,25,27,30-32H,5-6,11-13H2,1-4H3,(H,28,33)/t14?,16-,18+,19-,20-,21?,22-,23-,25?/m1/s1. The van der Waals surface area contributed by atoms with Crippen LogP contribution in [0.4, 0.5) is 4.39 Å². The average molecular weight is 514 g/mol. The van der Waals surface area contributed by atoms with Gasteiger partial charge in [0.2, 0.25) is 5.91 Å². The maximum absolute atomic E-state index is 13.4. The number of nitrogens with one attached hydrogen (secondary N) is 2. The van der Waals surface area contributed by atoms with Crippen molar-refractivity contribution in [1.29, 1.82) is 0 Å². The van der Waals surface area contributed by atoms with E-state index in [1.54, 1.807) is 18.4 Å². The fraction of sp³-hybridized carbons (Fsp3) is 0.720. The number of carbonyl (C=O) groups excluding carboxylic acids is 1. The largest absolute Gasteiger partial charge is 0.388 e. The summed E-state index contributed by atoms with van der Waals surface area (Å²) in [6.45, 7) is 5.28. The zero-order valence-corrected chi connectivity index (χ0v) is 21.7. The molecule has 1 aromatic carbocycles. The summed E-state index contributed by atoms with van der Waals surface area (Å²) >= 11 is 1.23. The molecule has 0 saturated carbocycles. The molecular formula is C25H40FN3O5S. The maximum atomic E-state index is 13.4. The van der Waals surface area contributed by atoms with E-state index in [4.69, 9.17) is 4.74 Å². The number of carbonyl (C=O) groups is 1. The van der Waals surface area contributed by atoms with Gasteiger partial charge >= 0.3 is 0 Å². The summed E-state index contributed by atoms with van der Waals surface area (Å²) in [6, 6.07) is 4.79. The minimum atomic E-state index is -1.40. The molecule has 2 heterocycles. The Morgan fingerprint density at radius 1 is 1.23 bits per heavy atom. The van der Waals surface area contributed by atoms with Crippen molar-refractivity contribution in [2.75, 3.05) is 19.8 Å². The number of aliphatic hydroxyl groups is 3. The molecule has 8 nitrogen and oxygen atoms in total. The minimum absolute atomic E-state index is 0.149. The normalized spacial score (nSPS) is 33.4. The van der Waals surface area contributed by atoms with Crippen molar-refractivity contribution in [3.05, 3.63) is 35.6 Å². The number of likely N-dealkylation sites (N-methyl/N-ethyl adjacent to an activating group) is 1. The summed E-state index contributed by atoms with van der Waals surface area (Å²) in [5.74, 6) is -0.00499. The molecule has 0 spiro atoms. The zero-order chi connectivity index (χ0) is 25.7. The van der Waals surface area contributed by atoms with E-state index in [1.165, 1.54) is 23.9 Å². The molecule has 35 heavy (non-hydrogen) atoms. The number of ether oxygens (including phenoxy) is 1. The first kappa shape index (κ1) is 28.3. The van der Waals surface area contributed by atoms with Crippen LogP contribution in [0.2, 0.25) is 0 Å². The molecule has 5 N–H and O–H groups in total. The highest BCUT2D eigenvalue weighted by atomic mass is 32.2. The Hall–Kier alpha value is -1.27. The molecule has 2 aliphatic heterocycles. The first-order valence-electron chi connectivity index (χ1n) is 12.4. The fourth-order valence-electron chi connectivity index (χ4n) is 5.15. The van der Waals surface area contributed by atoms with Gasteiger partial charge in [0.15, 0.2) is 0 Å². The van der Waals surface area contributed by atoms with Crippen LogP contribution in [0.1, 0.15) is 38.7 Å². The molecule has 2 saturated heterocycles. The van der Waals surface area contributed by atoms with Gasteiger partial charge < -0.3 is 30.7 Å². The van der Waals surface area contributed by atoms with Gasteiger partial charge in [0, 0.05) is 19.1 Å². The van der Waals surface area contributed by atoms with Gasteiger partial charge in [0.25, 0.3) is 0 Å². The highest BCUT2D eigenvalue weighted by Gasteiger charge is 2.48. The SMILES string of the molecule is CCC[C@@H]1C[C@@H](C(=O)N[C@H](C(C)NCc2ccc(F)cc2)[C@H]2OC(SC)[C@H](O)[C@H](O)C2O)N(C)C1. The summed E-state index contributed by atoms with van der Waals surface area (Å²) in [4.78, 5) is 15.5. The number of aliphatic hydroxyl groups excluding tert-OH is 3. The lowest BCUT2D eigenvalue weighted by Gasteiger charge is -2.45. The van der Waals surface area contributed by atoms with E-state index >= 15 is 0 Å². The summed E-state index contributed by atoms with van der Waals surface area (Å²) in [7, 11) is 1.95. The van der Waals surface area contributed by atoms with Crippen LogP contribution in [-0.2, 0) is 16.1 Å². The molecule has 10 heteroatoms. The highest BCUT2D eigenvalue weighted by Crippen LogP contribution is 2.30. The Kier molecular flexibility index (Phi) is 10.4. The summed E-state index contributed by atoms with van der Waals surface area (Å²) in [5, 5.41) is 38.0. The molecule has 3 rings (SSSR count). The van der Waals surface area contributed by atoms with Crippen molar-refractivity contribution in [3.8, 4) is 0 Å². The van der Waals surface area contributed by atoms with E-state index in [0.717, 1.165) is 31.4 Å². The Morgan fingerprint density at radius 2 is 1.91 bits per heavy atom. The number of thioether (sulfide) groups is 1. The number of hydrogen-bond donors (Lipinski definition) is 5. The third kappa shape index (κ3) is 6.94. The van der Waals surface area contributed by atoms with Crippen molar-refractivity contribution < 1.29 is 29.2 Å².